The number of nitrogens with one attached hydrogen (secondary N) is 2. The van der Waals surface area contributed by atoms with Crippen LogP contribution in [0.15, 0.2) is 48.5 Å². The smallest absolute Gasteiger partial charge is 0.255 e. The molecule has 23 heavy (non-hydrogen) atoms. The van der Waals surface area contributed by atoms with Crippen LogP contribution in [-0.2, 0) is 4.79 Å². The normalized spacial score (nSPS) is 10.2. The third-order valence-corrected chi connectivity index (χ3v) is 3.60. The first-order valence-electron chi connectivity index (χ1n) is 7.43. The molecule has 0 saturated heterocycles. The Hall–Kier alpha value is -2.33. The van der Waals surface area contributed by atoms with Gasteiger partial charge in [0, 0.05) is 29.2 Å². The van der Waals surface area contributed by atoms with Crippen molar-refractivity contribution in [2.24, 2.45) is 0 Å². The highest BCUT2D eigenvalue weighted by Gasteiger charge is 2.08. The van der Waals surface area contributed by atoms with Crippen molar-refractivity contribution in [3.63, 3.8) is 0 Å². The van der Waals surface area contributed by atoms with Crippen molar-refractivity contribution in [2.75, 3.05) is 16.5 Å². The molecule has 2 aromatic carbocycles. The monoisotopic (exact) mass is 330 g/mol. The Morgan fingerprint density at radius 1 is 1.04 bits per heavy atom. The van der Waals surface area contributed by atoms with Crippen LogP contribution in [0.5, 0.6) is 0 Å². The van der Waals surface area contributed by atoms with E-state index in [2.05, 4.69) is 10.6 Å². The van der Waals surface area contributed by atoms with E-state index >= 15 is 0 Å². The molecule has 2 rings (SSSR count). The van der Waals surface area contributed by atoms with Gasteiger partial charge in [-0.25, -0.2) is 0 Å². The van der Waals surface area contributed by atoms with Gasteiger partial charge in [-0.05, 0) is 49.2 Å². The minimum atomic E-state index is -0.160. The van der Waals surface area contributed by atoms with Gasteiger partial charge in [-0.15, -0.1) is 11.6 Å². The van der Waals surface area contributed by atoms with Gasteiger partial charge < -0.3 is 10.6 Å². The standard InChI is InChI=1S/C18H19ClN2O2/c1-13-12-15(20-17(22)8-5-11-19)9-10-16(13)21-18(23)14-6-3-2-4-7-14/h2-4,6-7,9-10,12H,5,8,11H2,1H3,(H,20,22)(H,21,23). The van der Waals surface area contributed by atoms with Crippen LogP contribution >= 0.6 is 11.6 Å². The summed E-state index contributed by atoms with van der Waals surface area (Å²) >= 11 is 5.57. The van der Waals surface area contributed by atoms with E-state index in [-0.39, 0.29) is 11.8 Å². The highest BCUT2D eigenvalue weighted by atomic mass is 35.5. The molecule has 0 saturated carbocycles. The lowest BCUT2D eigenvalue weighted by Crippen LogP contribution is -2.14. The van der Waals surface area contributed by atoms with Crippen molar-refractivity contribution in [1.29, 1.82) is 0 Å². The number of rotatable bonds is 6. The molecule has 5 heteroatoms. The first-order chi connectivity index (χ1) is 11.1. The van der Waals surface area contributed by atoms with Gasteiger partial charge in [0.2, 0.25) is 5.91 Å². The van der Waals surface area contributed by atoms with Crippen molar-refractivity contribution in [2.45, 2.75) is 19.8 Å². The maximum absolute atomic E-state index is 12.2. The van der Waals surface area contributed by atoms with Crippen LogP contribution in [0.25, 0.3) is 0 Å². The van der Waals surface area contributed by atoms with Gasteiger partial charge in [-0.3, -0.25) is 9.59 Å². The van der Waals surface area contributed by atoms with Crippen LogP contribution in [-0.4, -0.2) is 17.7 Å². The van der Waals surface area contributed by atoms with E-state index in [0.29, 0.717) is 30.0 Å². The Balaban J connectivity index is 2.02. The van der Waals surface area contributed by atoms with Crippen LogP contribution in [0.4, 0.5) is 11.4 Å². The molecule has 120 valence electrons. The molecule has 0 spiro atoms. The second kappa shape index (κ2) is 8.34. The second-order valence-corrected chi connectivity index (χ2v) is 5.57. The second-order valence-electron chi connectivity index (χ2n) is 5.19. The summed E-state index contributed by atoms with van der Waals surface area (Å²) in [5.41, 5.74) is 2.91. The fraction of sp³-hybridized carbons (Fsp3) is 0.222. The molecular weight excluding hydrogens is 312 g/mol. The minimum Gasteiger partial charge on any atom is -0.326 e. The van der Waals surface area contributed by atoms with Gasteiger partial charge in [0.15, 0.2) is 0 Å². The molecule has 4 nitrogen and oxygen atoms in total. The van der Waals surface area contributed by atoms with Crippen molar-refractivity contribution in [3.8, 4) is 0 Å². The molecule has 2 N–H and O–H groups in total. The molecule has 2 amide bonds. The number of carbonyl (C=O) groups is 2. The van der Waals surface area contributed by atoms with E-state index in [1.54, 1.807) is 24.3 Å². The summed E-state index contributed by atoms with van der Waals surface area (Å²) in [4.78, 5) is 23.8. The number of hydrogen-bond acceptors (Lipinski definition) is 2. The lowest BCUT2D eigenvalue weighted by Gasteiger charge is -2.11. The molecular formula is C18H19ClN2O2. The molecule has 0 radical (unpaired) electrons. The Morgan fingerprint density at radius 2 is 1.78 bits per heavy atom. The van der Waals surface area contributed by atoms with E-state index in [1.165, 1.54) is 0 Å². The van der Waals surface area contributed by atoms with Crippen molar-refractivity contribution in [1.82, 2.24) is 0 Å². The summed E-state index contributed by atoms with van der Waals surface area (Å²) < 4.78 is 0. The molecule has 0 aliphatic carbocycles. The third kappa shape index (κ3) is 5.11. The van der Waals surface area contributed by atoms with Gasteiger partial charge >= 0.3 is 0 Å². The number of hydrogen-bond donors (Lipinski definition) is 2. The van der Waals surface area contributed by atoms with Gasteiger partial charge in [0.1, 0.15) is 0 Å². The number of alkyl halides is 1. The van der Waals surface area contributed by atoms with Gasteiger partial charge in [0.05, 0.1) is 0 Å². The number of carbonyl (C=O) groups excluding carboxylic acids is 2. The molecule has 0 aliphatic heterocycles. The molecule has 0 heterocycles. The Bertz CT molecular complexity index is 687. The van der Waals surface area contributed by atoms with Gasteiger partial charge in [0.25, 0.3) is 5.91 Å². The summed E-state index contributed by atoms with van der Waals surface area (Å²) in [6.45, 7) is 1.88. The van der Waals surface area contributed by atoms with Crippen molar-refractivity contribution < 1.29 is 9.59 Å². The molecule has 2 aromatic rings. The molecule has 0 aromatic heterocycles. The maximum atomic E-state index is 12.2. The predicted molar refractivity (Wildman–Crippen MR) is 94.2 cm³/mol. The lowest BCUT2D eigenvalue weighted by molar-refractivity contribution is -0.116. The topological polar surface area (TPSA) is 58.2 Å². The van der Waals surface area contributed by atoms with Gasteiger partial charge in [-0.1, -0.05) is 18.2 Å². The number of anilines is 2. The molecule has 0 bridgehead atoms. The number of aryl methyl sites for hydroxylation is 1. The third-order valence-electron chi connectivity index (χ3n) is 3.33. The summed E-state index contributed by atoms with van der Waals surface area (Å²) in [5, 5.41) is 5.69. The molecule has 0 fully saturated rings. The molecule has 0 unspecified atom stereocenters. The quantitative estimate of drug-likeness (QED) is 0.780. The number of halogens is 1. The molecule has 0 aliphatic rings. The Kier molecular flexibility index (Phi) is 6.18. The summed E-state index contributed by atoms with van der Waals surface area (Å²) in [6.07, 6.45) is 1.05. The summed E-state index contributed by atoms with van der Waals surface area (Å²) in [5.74, 6) is 0.246. The summed E-state index contributed by atoms with van der Waals surface area (Å²) in [7, 11) is 0. The average Bonchev–Trinajstić information content (AvgIpc) is 2.56. The van der Waals surface area contributed by atoms with Crippen LogP contribution in [0.2, 0.25) is 0 Å². The fourth-order valence-corrected chi connectivity index (χ4v) is 2.25. The van der Waals surface area contributed by atoms with Crippen LogP contribution < -0.4 is 10.6 Å². The van der Waals surface area contributed by atoms with Crippen LogP contribution in [0.1, 0.15) is 28.8 Å². The highest BCUT2D eigenvalue weighted by Crippen LogP contribution is 2.20. The fourth-order valence-electron chi connectivity index (χ4n) is 2.12. The zero-order valence-corrected chi connectivity index (χ0v) is 13.7. The predicted octanol–water partition coefficient (Wildman–Crippen LogP) is 4.20. The largest absolute Gasteiger partial charge is 0.326 e. The summed E-state index contributed by atoms with van der Waals surface area (Å²) in [6, 6.07) is 14.4. The van der Waals surface area contributed by atoms with E-state index in [4.69, 9.17) is 11.6 Å². The van der Waals surface area contributed by atoms with Crippen LogP contribution in [0, 0.1) is 6.92 Å². The van der Waals surface area contributed by atoms with Crippen molar-refractivity contribution in [3.05, 3.63) is 59.7 Å². The lowest BCUT2D eigenvalue weighted by atomic mass is 10.1. The van der Waals surface area contributed by atoms with Crippen LogP contribution in [0.3, 0.4) is 0 Å². The zero-order chi connectivity index (χ0) is 16.7. The van der Waals surface area contributed by atoms with E-state index in [9.17, 15) is 9.59 Å². The number of benzene rings is 2. The van der Waals surface area contributed by atoms with E-state index in [0.717, 1.165) is 11.3 Å². The first kappa shape index (κ1) is 17.0. The Labute approximate surface area is 140 Å². The first-order valence-corrected chi connectivity index (χ1v) is 7.96. The van der Waals surface area contributed by atoms with E-state index < -0.39 is 0 Å². The average molecular weight is 331 g/mol. The molecule has 0 atom stereocenters. The van der Waals surface area contributed by atoms with Gasteiger partial charge in [-0.2, -0.15) is 0 Å². The highest BCUT2D eigenvalue weighted by molar-refractivity contribution is 6.18. The zero-order valence-electron chi connectivity index (χ0n) is 12.9. The minimum absolute atomic E-state index is 0.0638. The number of amides is 2. The van der Waals surface area contributed by atoms with E-state index in [1.807, 2.05) is 31.2 Å². The maximum Gasteiger partial charge on any atom is 0.255 e. The van der Waals surface area contributed by atoms with Crippen molar-refractivity contribution >= 4 is 34.8 Å². The SMILES string of the molecule is Cc1cc(NC(=O)CCCCl)ccc1NC(=O)c1ccccc1. The Morgan fingerprint density at radius 3 is 2.43 bits per heavy atom.